The van der Waals surface area contributed by atoms with Crippen LogP contribution in [0.25, 0.3) is 0 Å². The summed E-state index contributed by atoms with van der Waals surface area (Å²) in [6.45, 7) is 2.55. The van der Waals surface area contributed by atoms with Gasteiger partial charge in [-0.15, -0.1) is 0 Å². The lowest BCUT2D eigenvalue weighted by atomic mass is 10.1. The Morgan fingerprint density at radius 2 is 1.89 bits per heavy atom. The van der Waals surface area contributed by atoms with Crippen LogP contribution in [-0.2, 0) is 0 Å². The van der Waals surface area contributed by atoms with Crippen molar-refractivity contribution in [2.45, 2.75) is 6.92 Å². The molecule has 0 N–H and O–H groups in total. The highest BCUT2D eigenvalue weighted by Crippen LogP contribution is 2.32. The van der Waals surface area contributed by atoms with Gasteiger partial charge in [0.1, 0.15) is 23.8 Å². The van der Waals surface area contributed by atoms with E-state index in [9.17, 15) is 0 Å². The van der Waals surface area contributed by atoms with Gasteiger partial charge < -0.3 is 9.47 Å². The molecule has 2 aromatic carbocycles. The highest BCUT2D eigenvalue weighted by Gasteiger charge is 2.14. The van der Waals surface area contributed by atoms with Gasteiger partial charge in [-0.05, 0) is 54.4 Å². The van der Waals surface area contributed by atoms with Crippen LogP contribution in [0.5, 0.6) is 11.5 Å². The molecule has 0 fully saturated rings. The van der Waals surface area contributed by atoms with Crippen LogP contribution >= 0.6 is 0 Å². The van der Waals surface area contributed by atoms with Crippen molar-refractivity contribution in [1.29, 1.82) is 0 Å². The van der Waals surface area contributed by atoms with E-state index in [-0.39, 0.29) is 0 Å². The topological polar surface area (TPSA) is 30.8 Å². The third-order valence-corrected chi connectivity index (χ3v) is 3.16. The summed E-state index contributed by atoms with van der Waals surface area (Å²) < 4.78 is 10.9. The van der Waals surface area contributed by atoms with E-state index in [4.69, 9.17) is 9.47 Å². The maximum absolute atomic E-state index is 5.77. The molecule has 0 spiro atoms. The van der Waals surface area contributed by atoms with Crippen LogP contribution in [0.1, 0.15) is 11.1 Å². The Balaban J connectivity index is 1.95. The van der Waals surface area contributed by atoms with E-state index in [1.807, 2.05) is 49.4 Å². The Hall–Kier alpha value is -2.29. The molecule has 3 rings (SSSR count). The van der Waals surface area contributed by atoms with Crippen molar-refractivity contribution >= 4 is 11.4 Å². The minimum Gasteiger partial charge on any atom is -0.497 e. The Morgan fingerprint density at radius 1 is 1.11 bits per heavy atom. The van der Waals surface area contributed by atoms with Gasteiger partial charge in [-0.1, -0.05) is 6.07 Å². The molecule has 0 saturated carbocycles. The Bertz CT molecular complexity index is 630. The van der Waals surface area contributed by atoms with Crippen LogP contribution in [0.4, 0.5) is 5.69 Å². The molecule has 19 heavy (non-hydrogen) atoms. The van der Waals surface area contributed by atoms with Crippen molar-refractivity contribution < 1.29 is 9.47 Å². The second-order valence-corrected chi connectivity index (χ2v) is 4.55. The van der Waals surface area contributed by atoms with E-state index in [1.54, 1.807) is 7.11 Å². The molecule has 1 heterocycles. The van der Waals surface area contributed by atoms with Crippen molar-refractivity contribution in [2.24, 2.45) is 4.99 Å². The third-order valence-electron chi connectivity index (χ3n) is 3.16. The summed E-state index contributed by atoms with van der Waals surface area (Å²) in [6.07, 6.45) is 0. The number of hydrogen-bond acceptors (Lipinski definition) is 3. The molecule has 3 nitrogen and oxygen atoms in total. The first-order valence-electron chi connectivity index (χ1n) is 6.22. The maximum atomic E-state index is 5.77. The molecule has 0 unspecified atom stereocenters. The van der Waals surface area contributed by atoms with Gasteiger partial charge in [0.25, 0.3) is 0 Å². The van der Waals surface area contributed by atoms with Crippen molar-refractivity contribution in [2.75, 3.05) is 13.7 Å². The van der Waals surface area contributed by atoms with Crippen LogP contribution in [0.15, 0.2) is 47.5 Å². The fourth-order valence-corrected chi connectivity index (χ4v) is 2.08. The monoisotopic (exact) mass is 253 g/mol. The first-order valence-corrected chi connectivity index (χ1v) is 6.22. The van der Waals surface area contributed by atoms with E-state index in [1.165, 1.54) is 5.56 Å². The number of fused-ring (bicyclic) bond motifs is 1. The summed E-state index contributed by atoms with van der Waals surface area (Å²) in [6, 6.07) is 13.9. The van der Waals surface area contributed by atoms with Gasteiger partial charge in [0.15, 0.2) is 0 Å². The molecule has 0 bridgehead atoms. The fraction of sp³-hybridized carbons (Fsp3) is 0.188. The number of methoxy groups -OCH3 is 1. The molecule has 0 amide bonds. The highest BCUT2D eigenvalue weighted by molar-refractivity contribution is 6.04. The summed E-state index contributed by atoms with van der Waals surface area (Å²) in [7, 11) is 1.66. The van der Waals surface area contributed by atoms with E-state index in [0.717, 1.165) is 28.5 Å². The van der Waals surface area contributed by atoms with Crippen molar-refractivity contribution in [3.63, 3.8) is 0 Å². The molecule has 0 atom stereocenters. The van der Waals surface area contributed by atoms with E-state index in [0.29, 0.717) is 6.61 Å². The van der Waals surface area contributed by atoms with Gasteiger partial charge in [-0.25, -0.2) is 4.99 Å². The normalized spacial score (nSPS) is 13.3. The molecule has 3 heteroatoms. The lowest BCUT2D eigenvalue weighted by Crippen LogP contribution is -2.16. The van der Waals surface area contributed by atoms with Crippen LogP contribution in [0.3, 0.4) is 0 Å². The van der Waals surface area contributed by atoms with Crippen molar-refractivity contribution in [3.05, 3.63) is 53.6 Å². The van der Waals surface area contributed by atoms with E-state index >= 15 is 0 Å². The number of rotatable bonds is 2. The Kier molecular flexibility index (Phi) is 2.95. The summed E-state index contributed by atoms with van der Waals surface area (Å²) in [5, 5.41) is 0. The summed E-state index contributed by atoms with van der Waals surface area (Å²) in [4.78, 5) is 4.66. The average molecular weight is 253 g/mol. The predicted octanol–water partition coefficient (Wildman–Crippen LogP) is 3.52. The minimum atomic E-state index is 0.503. The van der Waals surface area contributed by atoms with E-state index in [2.05, 4.69) is 4.99 Å². The zero-order chi connectivity index (χ0) is 13.2. The fourth-order valence-electron chi connectivity index (χ4n) is 2.08. The second kappa shape index (κ2) is 4.76. The zero-order valence-electron chi connectivity index (χ0n) is 11.0. The van der Waals surface area contributed by atoms with Crippen LogP contribution in [0.2, 0.25) is 0 Å². The molecule has 1 aliphatic heterocycles. The number of hydrogen-bond donors (Lipinski definition) is 0. The molecule has 0 radical (unpaired) electrons. The van der Waals surface area contributed by atoms with Gasteiger partial charge >= 0.3 is 0 Å². The minimum absolute atomic E-state index is 0.503. The first-order chi connectivity index (χ1) is 9.26. The average Bonchev–Trinajstić information content (AvgIpc) is 2.47. The highest BCUT2D eigenvalue weighted by atomic mass is 16.5. The summed E-state index contributed by atoms with van der Waals surface area (Å²) in [5.41, 5.74) is 4.08. The maximum Gasteiger partial charge on any atom is 0.145 e. The number of aryl methyl sites for hydroxylation is 1. The summed E-state index contributed by atoms with van der Waals surface area (Å²) in [5.74, 6) is 1.70. The molecule has 0 aromatic heterocycles. The smallest absolute Gasteiger partial charge is 0.145 e. The van der Waals surface area contributed by atoms with Gasteiger partial charge in [0.05, 0.1) is 12.8 Å². The number of ether oxygens (including phenoxy) is 2. The third kappa shape index (κ3) is 2.32. The molecule has 0 saturated heterocycles. The van der Waals surface area contributed by atoms with E-state index < -0.39 is 0 Å². The van der Waals surface area contributed by atoms with Gasteiger partial charge in [0, 0.05) is 0 Å². The van der Waals surface area contributed by atoms with Crippen LogP contribution < -0.4 is 9.47 Å². The molecular weight excluding hydrogens is 238 g/mol. The zero-order valence-corrected chi connectivity index (χ0v) is 11.0. The van der Waals surface area contributed by atoms with Crippen molar-refractivity contribution in [1.82, 2.24) is 0 Å². The molecular formula is C16H15NO2. The predicted molar refractivity (Wildman–Crippen MR) is 75.9 cm³/mol. The van der Waals surface area contributed by atoms with Gasteiger partial charge in [-0.3, -0.25) is 0 Å². The molecule has 96 valence electrons. The first kappa shape index (κ1) is 11.8. The SMILES string of the molecule is COc1ccc(C2=Nc3ccc(C)cc3OC2)cc1. The lowest BCUT2D eigenvalue weighted by molar-refractivity contribution is 0.372. The lowest BCUT2D eigenvalue weighted by Gasteiger charge is -2.17. The molecule has 0 aliphatic carbocycles. The quantitative estimate of drug-likeness (QED) is 0.820. The standard InChI is InChI=1S/C16H15NO2/c1-11-3-8-14-16(9-11)19-10-15(17-14)12-4-6-13(18-2)7-5-12/h3-9H,10H2,1-2H3. The Morgan fingerprint density at radius 3 is 2.63 bits per heavy atom. The van der Waals surface area contributed by atoms with Crippen LogP contribution in [-0.4, -0.2) is 19.4 Å². The van der Waals surface area contributed by atoms with Gasteiger partial charge in [0.2, 0.25) is 0 Å². The van der Waals surface area contributed by atoms with Crippen molar-refractivity contribution in [3.8, 4) is 11.5 Å². The second-order valence-electron chi connectivity index (χ2n) is 4.55. The number of nitrogens with zero attached hydrogens (tertiary/aromatic N) is 1. The summed E-state index contributed by atoms with van der Waals surface area (Å²) >= 11 is 0. The molecule has 1 aliphatic rings. The largest absolute Gasteiger partial charge is 0.497 e. The molecule has 2 aromatic rings. The Labute approximate surface area is 112 Å². The number of benzene rings is 2. The number of aliphatic imine (C=N–C) groups is 1. The van der Waals surface area contributed by atoms with Crippen LogP contribution in [0, 0.1) is 6.92 Å². The van der Waals surface area contributed by atoms with Gasteiger partial charge in [-0.2, -0.15) is 0 Å².